The molecule has 7 atom stereocenters. The average Bonchev–Trinajstić information content (AvgIpc) is 2.82. The molecular weight excluding hydrogens is 312 g/mol. The lowest BCUT2D eigenvalue weighted by Gasteiger charge is -2.58. The van der Waals surface area contributed by atoms with Crippen molar-refractivity contribution in [1.82, 2.24) is 0 Å². The van der Waals surface area contributed by atoms with Crippen molar-refractivity contribution in [2.45, 2.75) is 83.8 Å². The average molecular weight is 349 g/mol. The summed E-state index contributed by atoms with van der Waals surface area (Å²) in [5.41, 5.74) is 1.65. The number of rotatable bonds is 3. The molecule has 4 aliphatic rings. The van der Waals surface area contributed by atoms with E-state index in [2.05, 4.69) is 26.8 Å². The van der Waals surface area contributed by atoms with E-state index in [1.807, 2.05) is 0 Å². The third-order valence-electron chi connectivity index (χ3n) is 9.04. The summed E-state index contributed by atoms with van der Waals surface area (Å²) in [6.45, 7) is 7.41. The van der Waals surface area contributed by atoms with Crippen molar-refractivity contribution < 1.29 is 14.6 Å². The van der Waals surface area contributed by atoms with Gasteiger partial charge in [0.15, 0.2) is 0 Å². The molecule has 0 spiro atoms. The van der Waals surface area contributed by atoms with Gasteiger partial charge < -0.3 is 14.6 Å². The Balaban J connectivity index is 1.57. The highest BCUT2D eigenvalue weighted by molar-refractivity contribution is 5.26. The van der Waals surface area contributed by atoms with Crippen LogP contribution in [-0.2, 0) is 9.47 Å². The van der Waals surface area contributed by atoms with Crippen LogP contribution >= 0.6 is 0 Å². The molecule has 3 heteroatoms. The van der Waals surface area contributed by atoms with Gasteiger partial charge in [-0.1, -0.05) is 25.5 Å². The van der Waals surface area contributed by atoms with E-state index in [4.69, 9.17) is 9.47 Å². The Bertz CT molecular complexity index is 553. The zero-order valence-corrected chi connectivity index (χ0v) is 16.5. The molecule has 3 saturated carbocycles. The fourth-order valence-electron chi connectivity index (χ4n) is 7.18. The van der Waals surface area contributed by atoms with Gasteiger partial charge in [-0.05, 0) is 86.9 Å². The number of aliphatic hydroxyl groups is 1. The van der Waals surface area contributed by atoms with Crippen LogP contribution in [0.15, 0.2) is 11.6 Å². The highest BCUT2D eigenvalue weighted by atomic mass is 16.7. The number of hydrogen-bond donors (Lipinski definition) is 1. The van der Waals surface area contributed by atoms with Crippen molar-refractivity contribution in [2.75, 3.05) is 13.9 Å². The SMILES string of the molecule is COCO[C@H]1CC[C@@]2(C)C(=CC[C@@H]3[C@@H]2CC[C@@]2(C)[C@H]3CC[C@]2(C)O)C1. The lowest BCUT2D eigenvalue weighted by Crippen LogP contribution is -2.53. The van der Waals surface area contributed by atoms with Crippen LogP contribution in [0.1, 0.15) is 72.1 Å². The molecule has 0 heterocycles. The third-order valence-corrected chi connectivity index (χ3v) is 9.04. The highest BCUT2D eigenvalue weighted by Crippen LogP contribution is 2.67. The van der Waals surface area contributed by atoms with Crippen molar-refractivity contribution in [3.63, 3.8) is 0 Å². The van der Waals surface area contributed by atoms with Gasteiger partial charge >= 0.3 is 0 Å². The van der Waals surface area contributed by atoms with Crippen molar-refractivity contribution in [2.24, 2.45) is 28.6 Å². The van der Waals surface area contributed by atoms with E-state index < -0.39 is 5.60 Å². The first kappa shape index (κ1) is 18.0. The van der Waals surface area contributed by atoms with E-state index in [-0.39, 0.29) is 5.41 Å². The number of methoxy groups -OCH3 is 1. The molecule has 0 unspecified atom stereocenters. The maximum absolute atomic E-state index is 11.0. The van der Waals surface area contributed by atoms with Crippen molar-refractivity contribution >= 4 is 0 Å². The van der Waals surface area contributed by atoms with Gasteiger partial charge in [0.2, 0.25) is 0 Å². The van der Waals surface area contributed by atoms with Crippen molar-refractivity contribution in [3.8, 4) is 0 Å². The summed E-state index contributed by atoms with van der Waals surface area (Å²) in [6.07, 6.45) is 12.3. The topological polar surface area (TPSA) is 38.7 Å². The number of fused-ring (bicyclic) bond motifs is 5. The van der Waals surface area contributed by atoms with Gasteiger partial charge in [0.25, 0.3) is 0 Å². The van der Waals surface area contributed by atoms with Gasteiger partial charge in [-0.3, -0.25) is 0 Å². The molecule has 4 aliphatic carbocycles. The molecule has 0 aromatic heterocycles. The Morgan fingerprint density at radius 1 is 1.08 bits per heavy atom. The second-order valence-electron chi connectivity index (χ2n) is 9.97. The first-order valence-corrected chi connectivity index (χ1v) is 10.3. The molecule has 3 nitrogen and oxygen atoms in total. The van der Waals surface area contributed by atoms with Gasteiger partial charge in [-0.25, -0.2) is 0 Å². The number of ether oxygens (including phenoxy) is 2. The Morgan fingerprint density at radius 3 is 2.60 bits per heavy atom. The maximum atomic E-state index is 11.0. The summed E-state index contributed by atoms with van der Waals surface area (Å²) in [5.74, 6) is 2.25. The predicted octanol–water partition coefficient (Wildman–Crippen LogP) is 4.69. The summed E-state index contributed by atoms with van der Waals surface area (Å²) < 4.78 is 11.0. The molecule has 3 fully saturated rings. The summed E-state index contributed by atoms with van der Waals surface area (Å²) in [4.78, 5) is 0. The highest BCUT2D eigenvalue weighted by Gasteiger charge is 2.62. The van der Waals surface area contributed by atoms with Crippen LogP contribution in [0.25, 0.3) is 0 Å². The van der Waals surface area contributed by atoms with Crippen LogP contribution < -0.4 is 0 Å². The smallest absolute Gasteiger partial charge is 0.146 e. The number of hydrogen-bond acceptors (Lipinski definition) is 3. The zero-order valence-electron chi connectivity index (χ0n) is 16.5. The first-order chi connectivity index (χ1) is 11.8. The second-order valence-corrected chi connectivity index (χ2v) is 9.97. The van der Waals surface area contributed by atoms with Crippen molar-refractivity contribution in [3.05, 3.63) is 11.6 Å². The first-order valence-electron chi connectivity index (χ1n) is 10.3. The summed E-state index contributed by atoms with van der Waals surface area (Å²) in [6, 6.07) is 0. The lowest BCUT2D eigenvalue weighted by molar-refractivity contribution is -0.122. The van der Waals surface area contributed by atoms with Gasteiger partial charge in [0.1, 0.15) is 6.79 Å². The van der Waals surface area contributed by atoms with Crippen LogP contribution in [0.5, 0.6) is 0 Å². The largest absolute Gasteiger partial charge is 0.390 e. The molecule has 1 N–H and O–H groups in total. The van der Waals surface area contributed by atoms with Gasteiger partial charge in [0.05, 0.1) is 11.7 Å². The standard InChI is InChI=1S/C22H36O3/c1-20-10-7-16(25-14-24-4)13-15(20)5-6-17-18(20)8-11-21(2)19(17)9-12-22(21,3)23/h5,16-19,23H,6-14H2,1-4H3/t16-,17+,18-,19-,20-,21-,22-/m0/s1. The van der Waals surface area contributed by atoms with Crippen LogP contribution in [-0.4, -0.2) is 30.7 Å². The van der Waals surface area contributed by atoms with E-state index in [0.717, 1.165) is 31.1 Å². The van der Waals surface area contributed by atoms with E-state index in [0.29, 0.717) is 24.2 Å². The fraction of sp³-hybridized carbons (Fsp3) is 0.909. The third kappa shape index (κ3) is 2.56. The molecule has 0 saturated heterocycles. The summed E-state index contributed by atoms with van der Waals surface area (Å²) in [7, 11) is 1.70. The Labute approximate surface area is 153 Å². The van der Waals surface area contributed by atoms with Gasteiger partial charge in [0, 0.05) is 7.11 Å². The Hall–Kier alpha value is -0.380. The van der Waals surface area contributed by atoms with Crippen LogP contribution in [0.2, 0.25) is 0 Å². The van der Waals surface area contributed by atoms with E-state index in [1.54, 1.807) is 12.7 Å². The van der Waals surface area contributed by atoms with Crippen LogP contribution in [0.4, 0.5) is 0 Å². The lowest BCUT2D eigenvalue weighted by atomic mass is 9.47. The molecule has 4 rings (SSSR count). The molecule has 0 radical (unpaired) electrons. The van der Waals surface area contributed by atoms with Crippen LogP contribution in [0, 0.1) is 28.6 Å². The summed E-state index contributed by atoms with van der Waals surface area (Å²) in [5, 5.41) is 11.0. The molecule has 25 heavy (non-hydrogen) atoms. The molecule has 0 amide bonds. The molecule has 0 aromatic rings. The Kier molecular flexibility index (Phi) is 4.37. The zero-order chi connectivity index (χ0) is 17.9. The molecule has 0 bridgehead atoms. The quantitative estimate of drug-likeness (QED) is 0.594. The number of allylic oxidation sites excluding steroid dienone is 1. The predicted molar refractivity (Wildman–Crippen MR) is 99.1 cm³/mol. The minimum absolute atomic E-state index is 0.120. The van der Waals surface area contributed by atoms with Crippen LogP contribution in [0.3, 0.4) is 0 Å². The molecule has 142 valence electrons. The minimum Gasteiger partial charge on any atom is -0.390 e. The minimum atomic E-state index is -0.473. The second kappa shape index (κ2) is 6.07. The molecular formula is C22H36O3. The Morgan fingerprint density at radius 2 is 1.84 bits per heavy atom. The van der Waals surface area contributed by atoms with Gasteiger partial charge in [-0.15, -0.1) is 0 Å². The van der Waals surface area contributed by atoms with Crippen molar-refractivity contribution in [1.29, 1.82) is 0 Å². The maximum Gasteiger partial charge on any atom is 0.146 e. The molecule has 0 aliphatic heterocycles. The monoisotopic (exact) mass is 348 g/mol. The normalized spacial score (nSPS) is 52.1. The van der Waals surface area contributed by atoms with E-state index in [1.165, 1.54) is 32.1 Å². The fourth-order valence-corrected chi connectivity index (χ4v) is 7.18. The molecule has 0 aromatic carbocycles. The summed E-state index contributed by atoms with van der Waals surface area (Å²) >= 11 is 0. The van der Waals surface area contributed by atoms with E-state index >= 15 is 0 Å². The van der Waals surface area contributed by atoms with E-state index in [9.17, 15) is 5.11 Å². The van der Waals surface area contributed by atoms with Gasteiger partial charge in [-0.2, -0.15) is 0 Å².